The Morgan fingerprint density at radius 3 is 2.33 bits per heavy atom. The van der Waals surface area contributed by atoms with Crippen LogP contribution < -0.4 is 5.32 Å². The van der Waals surface area contributed by atoms with Gasteiger partial charge in [-0.3, -0.25) is 4.79 Å². The van der Waals surface area contributed by atoms with Crippen molar-refractivity contribution in [3.05, 3.63) is 34.9 Å². The first-order chi connectivity index (χ1) is 8.21. The summed E-state index contributed by atoms with van der Waals surface area (Å²) in [6, 6.07) is 6.01. The zero-order valence-corrected chi connectivity index (χ0v) is 11.2. The van der Waals surface area contributed by atoms with Gasteiger partial charge in [0, 0.05) is 6.54 Å². The number of rotatable bonds is 2. The van der Waals surface area contributed by atoms with Gasteiger partial charge in [-0.2, -0.15) is 0 Å². The molecule has 0 aromatic heterocycles. The lowest BCUT2D eigenvalue weighted by Crippen LogP contribution is -2.30. The Morgan fingerprint density at radius 2 is 1.89 bits per heavy atom. The number of hydrogen-bond donors (Lipinski definition) is 2. The van der Waals surface area contributed by atoms with Gasteiger partial charge in [-0.15, -0.1) is 0 Å². The van der Waals surface area contributed by atoms with E-state index in [0.717, 1.165) is 11.1 Å². The Hall–Kier alpha value is -1.84. The summed E-state index contributed by atoms with van der Waals surface area (Å²) >= 11 is 0. The molecule has 4 heteroatoms. The number of hydrogen-bond acceptors (Lipinski definition) is 2. The van der Waals surface area contributed by atoms with Crippen LogP contribution in [0.4, 0.5) is 0 Å². The van der Waals surface area contributed by atoms with Crippen molar-refractivity contribution in [2.75, 3.05) is 0 Å². The minimum atomic E-state index is -1.46. The third-order valence-corrected chi connectivity index (χ3v) is 2.84. The smallest absolute Gasteiger partial charge is 0.394 e. The number of aliphatic carboxylic acids is 1. The van der Waals surface area contributed by atoms with Gasteiger partial charge in [0.2, 0.25) is 0 Å². The summed E-state index contributed by atoms with van der Waals surface area (Å²) < 4.78 is 0. The molecule has 1 aromatic rings. The lowest BCUT2D eigenvalue weighted by atomic mass is 9.85. The number of nitrogens with one attached hydrogen (secondary N) is 1. The van der Waals surface area contributed by atoms with E-state index in [9.17, 15) is 9.59 Å². The third kappa shape index (κ3) is 3.58. The molecular weight excluding hydrogens is 230 g/mol. The molecule has 0 aliphatic carbocycles. The SMILES string of the molecule is Cc1cc(C(C)(C)C)ccc1CNC(=O)C(=O)O. The highest BCUT2D eigenvalue weighted by molar-refractivity contribution is 6.31. The summed E-state index contributed by atoms with van der Waals surface area (Å²) in [5.41, 5.74) is 3.27. The number of carboxylic acid groups (broad SMARTS) is 1. The van der Waals surface area contributed by atoms with Crippen molar-refractivity contribution >= 4 is 11.9 Å². The molecule has 0 spiro atoms. The van der Waals surface area contributed by atoms with Crippen molar-refractivity contribution in [3.63, 3.8) is 0 Å². The Balaban J connectivity index is 2.81. The van der Waals surface area contributed by atoms with E-state index < -0.39 is 11.9 Å². The number of carbonyl (C=O) groups is 2. The summed E-state index contributed by atoms with van der Waals surface area (Å²) in [7, 11) is 0. The maximum atomic E-state index is 10.9. The van der Waals surface area contributed by atoms with Crippen LogP contribution in [0.5, 0.6) is 0 Å². The Labute approximate surface area is 107 Å². The van der Waals surface area contributed by atoms with Gasteiger partial charge < -0.3 is 10.4 Å². The molecular formula is C14H19NO3. The van der Waals surface area contributed by atoms with Crippen LogP contribution in [0.25, 0.3) is 0 Å². The van der Waals surface area contributed by atoms with Crippen molar-refractivity contribution in [1.29, 1.82) is 0 Å². The second kappa shape index (κ2) is 5.21. The van der Waals surface area contributed by atoms with E-state index >= 15 is 0 Å². The van der Waals surface area contributed by atoms with E-state index in [-0.39, 0.29) is 12.0 Å². The molecule has 0 aliphatic heterocycles. The summed E-state index contributed by atoms with van der Waals surface area (Å²) in [6.07, 6.45) is 0. The standard InChI is InChI=1S/C14H19NO3/c1-9-7-11(14(2,3)4)6-5-10(9)8-15-12(16)13(17)18/h5-7H,8H2,1-4H3,(H,15,16)(H,17,18). The van der Waals surface area contributed by atoms with Gasteiger partial charge in [-0.05, 0) is 29.0 Å². The quantitative estimate of drug-likeness (QED) is 0.788. The number of benzene rings is 1. The zero-order chi connectivity index (χ0) is 13.9. The zero-order valence-electron chi connectivity index (χ0n) is 11.2. The molecule has 0 bridgehead atoms. The van der Waals surface area contributed by atoms with Crippen LogP contribution in [0.15, 0.2) is 18.2 Å². The molecule has 0 saturated heterocycles. The third-order valence-electron chi connectivity index (χ3n) is 2.84. The second-order valence-corrected chi connectivity index (χ2v) is 5.38. The molecule has 0 saturated carbocycles. The highest BCUT2D eigenvalue weighted by Crippen LogP contribution is 2.24. The van der Waals surface area contributed by atoms with Crippen molar-refractivity contribution < 1.29 is 14.7 Å². The Bertz CT molecular complexity index is 472. The molecule has 0 radical (unpaired) electrons. The molecule has 2 N–H and O–H groups in total. The van der Waals surface area contributed by atoms with Crippen LogP contribution in [0.3, 0.4) is 0 Å². The number of aryl methyl sites for hydroxylation is 1. The van der Waals surface area contributed by atoms with Crippen LogP contribution in [0, 0.1) is 6.92 Å². The van der Waals surface area contributed by atoms with Gasteiger partial charge in [0.15, 0.2) is 0 Å². The summed E-state index contributed by atoms with van der Waals surface area (Å²) in [5, 5.41) is 10.8. The summed E-state index contributed by atoms with van der Waals surface area (Å²) in [6.45, 7) is 8.59. The fourth-order valence-corrected chi connectivity index (χ4v) is 1.61. The van der Waals surface area contributed by atoms with Crippen molar-refractivity contribution in [2.45, 2.75) is 39.7 Å². The molecule has 98 valence electrons. The lowest BCUT2D eigenvalue weighted by molar-refractivity contribution is -0.150. The van der Waals surface area contributed by atoms with E-state index in [1.54, 1.807) is 0 Å². The summed E-state index contributed by atoms with van der Waals surface area (Å²) in [5.74, 6) is -2.44. The van der Waals surface area contributed by atoms with Crippen LogP contribution in [-0.4, -0.2) is 17.0 Å². The normalized spacial score (nSPS) is 11.1. The molecule has 1 amide bonds. The summed E-state index contributed by atoms with van der Waals surface area (Å²) in [4.78, 5) is 21.3. The molecule has 4 nitrogen and oxygen atoms in total. The largest absolute Gasteiger partial charge is 0.474 e. The molecule has 0 unspecified atom stereocenters. The number of carboxylic acids is 1. The molecule has 0 fully saturated rings. The van der Waals surface area contributed by atoms with Crippen LogP contribution >= 0.6 is 0 Å². The monoisotopic (exact) mass is 249 g/mol. The number of carbonyl (C=O) groups excluding carboxylic acids is 1. The fraction of sp³-hybridized carbons (Fsp3) is 0.429. The van der Waals surface area contributed by atoms with Gasteiger partial charge in [0.25, 0.3) is 0 Å². The molecule has 0 heterocycles. The van der Waals surface area contributed by atoms with Crippen molar-refractivity contribution in [2.24, 2.45) is 0 Å². The topological polar surface area (TPSA) is 66.4 Å². The average molecular weight is 249 g/mol. The average Bonchev–Trinajstić information content (AvgIpc) is 2.25. The van der Waals surface area contributed by atoms with E-state index in [0.29, 0.717) is 0 Å². The van der Waals surface area contributed by atoms with Crippen molar-refractivity contribution in [3.8, 4) is 0 Å². The van der Waals surface area contributed by atoms with Gasteiger partial charge in [-0.1, -0.05) is 39.0 Å². The fourth-order valence-electron chi connectivity index (χ4n) is 1.61. The van der Waals surface area contributed by atoms with Gasteiger partial charge in [0.05, 0.1) is 0 Å². The first kappa shape index (κ1) is 14.2. The molecule has 1 rings (SSSR count). The first-order valence-electron chi connectivity index (χ1n) is 5.83. The minimum absolute atomic E-state index is 0.0770. The van der Waals surface area contributed by atoms with Gasteiger partial charge in [0.1, 0.15) is 0 Å². The van der Waals surface area contributed by atoms with E-state index in [1.165, 1.54) is 5.56 Å². The van der Waals surface area contributed by atoms with E-state index in [2.05, 4.69) is 32.2 Å². The highest BCUT2D eigenvalue weighted by Gasteiger charge is 2.15. The maximum Gasteiger partial charge on any atom is 0.394 e. The maximum absolute atomic E-state index is 10.9. The molecule has 0 aliphatic rings. The Kier molecular flexibility index (Phi) is 4.11. The second-order valence-electron chi connectivity index (χ2n) is 5.38. The minimum Gasteiger partial charge on any atom is -0.474 e. The first-order valence-corrected chi connectivity index (χ1v) is 5.83. The van der Waals surface area contributed by atoms with E-state index in [1.807, 2.05) is 19.1 Å². The van der Waals surface area contributed by atoms with Gasteiger partial charge >= 0.3 is 11.9 Å². The van der Waals surface area contributed by atoms with Crippen LogP contribution in [0.2, 0.25) is 0 Å². The Morgan fingerprint density at radius 1 is 1.28 bits per heavy atom. The van der Waals surface area contributed by atoms with Crippen molar-refractivity contribution in [1.82, 2.24) is 5.32 Å². The molecule has 18 heavy (non-hydrogen) atoms. The van der Waals surface area contributed by atoms with Crippen LogP contribution in [0.1, 0.15) is 37.5 Å². The van der Waals surface area contributed by atoms with Crippen LogP contribution in [-0.2, 0) is 21.5 Å². The predicted molar refractivity (Wildman–Crippen MR) is 69.4 cm³/mol. The molecule has 0 atom stereocenters. The lowest BCUT2D eigenvalue weighted by Gasteiger charge is -2.20. The van der Waals surface area contributed by atoms with Gasteiger partial charge in [-0.25, -0.2) is 4.79 Å². The highest BCUT2D eigenvalue weighted by atomic mass is 16.4. The molecule has 1 aromatic carbocycles. The number of amides is 1. The van der Waals surface area contributed by atoms with E-state index in [4.69, 9.17) is 5.11 Å². The predicted octanol–water partition coefficient (Wildman–Crippen LogP) is 1.99.